The number of nitrogens with one attached hydrogen (secondary N) is 1. The summed E-state index contributed by atoms with van der Waals surface area (Å²) in [7, 11) is 2.08. The molecule has 21 heavy (non-hydrogen) atoms. The second-order valence-electron chi connectivity index (χ2n) is 7.55. The van der Waals surface area contributed by atoms with Gasteiger partial charge in [-0.05, 0) is 49.9 Å². The summed E-state index contributed by atoms with van der Waals surface area (Å²) in [6.45, 7) is 11.5. The van der Waals surface area contributed by atoms with Crippen molar-refractivity contribution in [2.24, 2.45) is 0 Å². The molecule has 1 aliphatic heterocycles. The zero-order valence-electron chi connectivity index (χ0n) is 14.4. The number of hydrogen-bond acceptors (Lipinski definition) is 2. The van der Waals surface area contributed by atoms with Gasteiger partial charge in [0, 0.05) is 18.6 Å². The quantitative estimate of drug-likeness (QED) is 0.896. The summed E-state index contributed by atoms with van der Waals surface area (Å²) < 4.78 is 0. The van der Waals surface area contributed by atoms with E-state index in [-0.39, 0.29) is 5.41 Å². The molecule has 0 amide bonds. The predicted molar refractivity (Wildman–Crippen MR) is 91.8 cm³/mol. The summed E-state index contributed by atoms with van der Waals surface area (Å²) >= 11 is 0. The third kappa shape index (κ3) is 4.31. The molecule has 1 heterocycles. The number of rotatable bonds is 4. The highest BCUT2D eigenvalue weighted by molar-refractivity contribution is 5.29. The number of likely N-dealkylation sites (tertiary alicyclic amines) is 1. The maximum Gasteiger partial charge on any atom is 0.0446 e. The van der Waals surface area contributed by atoms with Crippen LogP contribution >= 0.6 is 0 Å². The van der Waals surface area contributed by atoms with Gasteiger partial charge >= 0.3 is 0 Å². The molecule has 0 radical (unpaired) electrons. The van der Waals surface area contributed by atoms with Crippen LogP contribution in [0, 0.1) is 0 Å². The largest absolute Gasteiger partial charge is 0.312 e. The van der Waals surface area contributed by atoms with Crippen LogP contribution in [0.2, 0.25) is 0 Å². The number of piperidine rings is 1. The van der Waals surface area contributed by atoms with Crippen molar-refractivity contribution in [1.29, 1.82) is 0 Å². The summed E-state index contributed by atoms with van der Waals surface area (Å²) in [5.74, 6) is 0. The van der Waals surface area contributed by atoms with Gasteiger partial charge in [0.15, 0.2) is 0 Å². The van der Waals surface area contributed by atoms with Gasteiger partial charge in [-0.2, -0.15) is 0 Å². The summed E-state index contributed by atoms with van der Waals surface area (Å²) in [5.41, 5.74) is 3.05. The van der Waals surface area contributed by atoms with Crippen LogP contribution in [0.3, 0.4) is 0 Å². The lowest BCUT2D eigenvalue weighted by Gasteiger charge is -2.36. The average molecular weight is 288 g/mol. The van der Waals surface area contributed by atoms with Gasteiger partial charge in [0.05, 0.1) is 0 Å². The number of benzene rings is 1. The Balaban J connectivity index is 2.06. The molecule has 2 heteroatoms. The highest BCUT2D eigenvalue weighted by Gasteiger charge is 2.22. The predicted octanol–water partition coefficient (Wildman–Crippen LogP) is 4.12. The molecule has 0 bridgehead atoms. The highest BCUT2D eigenvalue weighted by Crippen LogP contribution is 2.25. The van der Waals surface area contributed by atoms with Gasteiger partial charge in [-0.25, -0.2) is 0 Å². The Kier molecular flexibility index (Phi) is 5.45. The van der Waals surface area contributed by atoms with Gasteiger partial charge < -0.3 is 5.32 Å². The van der Waals surface area contributed by atoms with Crippen molar-refractivity contribution >= 4 is 0 Å². The van der Waals surface area contributed by atoms with Crippen molar-refractivity contribution in [3.8, 4) is 0 Å². The van der Waals surface area contributed by atoms with E-state index in [2.05, 4.69) is 69.2 Å². The van der Waals surface area contributed by atoms with Crippen LogP contribution in [-0.4, -0.2) is 31.1 Å². The second-order valence-corrected chi connectivity index (χ2v) is 7.55. The van der Waals surface area contributed by atoms with Gasteiger partial charge in [-0.1, -0.05) is 51.5 Å². The summed E-state index contributed by atoms with van der Waals surface area (Å²) in [5, 5.41) is 3.50. The summed E-state index contributed by atoms with van der Waals surface area (Å²) in [6, 6.07) is 10.3. The van der Waals surface area contributed by atoms with E-state index in [9.17, 15) is 0 Å². The molecule has 2 nitrogen and oxygen atoms in total. The minimum absolute atomic E-state index is 0.231. The fraction of sp³-hybridized carbons (Fsp3) is 0.684. The molecule has 2 atom stereocenters. The SMILES string of the molecule is CNC(CN1CCCCC1C)c1ccc(C(C)(C)C)cc1. The van der Waals surface area contributed by atoms with Gasteiger partial charge in [-0.15, -0.1) is 0 Å². The smallest absolute Gasteiger partial charge is 0.0446 e. The third-order valence-corrected chi connectivity index (χ3v) is 4.89. The molecule has 0 saturated carbocycles. The molecule has 1 aliphatic rings. The van der Waals surface area contributed by atoms with Crippen molar-refractivity contribution in [3.05, 3.63) is 35.4 Å². The minimum Gasteiger partial charge on any atom is -0.312 e. The average Bonchev–Trinajstić information content (AvgIpc) is 2.46. The van der Waals surface area contributed by atoms with E-state index < -0.39 is 0 Å². The first-order chi connectivity index (χ1) is 9.91. The van der Waals surface area contributed by atoms with E-state index in [1.54, 1.807) is 0 Å². The second kappa shape index (κ2) is 6.93. The van der Waals surface area contributed by atoms with E-state index in [1.807, 2.05) is 0 Å². The topological polar surface area (TPSA) is 15.3 Å². The van der Waals surface area contributed by atoms with Crippen molar-refractivity contribution < 1.29 is 0 Å². The third-order valence-electron chi connectivity index (χ3n) is 4.89. The minimum atomic E-state index is 0.231. The lowest BCUT2D eigenvalue weighted by molar-refractivity contribution is 0.146. The molecule has 1 aromatic rings. The maximum atomic E-state index is 3.50. The molecule has 1 fully saturated rings. The Hall–Kier alpha value is -0.860. The first-order valence-electron chi connectivity index (χ1n) is 8.43. The molecular formula is C19H32N2. The Morgan fingerprint density at radius 2 is 1.86 bits per heavy atom. The molecular weight excluding hydrogens is 256 g/mol. The van der Waals surface area contributed by atoms with E-state index in [0.29, 0.717) is 6.04 Å². The lowest BCUT2D eigenvalue weighted by atomic mass is 9.86. The van der Waals surface area contributed by atoms with Crippen LogP contribution in [0.4, 0.5) is 0 Å². The molecule has 0 aliphatic carbocycles. The van der Waals surface area contributed by atoms with E-state index in [4.69, 9.17) is 0 Å². The van der Waals surface area contributed by atoms with Crippen molar-refractivity contribution in [2.45, 2.75) is 64.5 Å². The van der Waals surface area contributed by atoms with Crippen LogP contribution in [0.25, 0.3) is 0 Å². The van der Waals surface area contributed by atoms with Crippen LogP contribution < -0.4 is 5.32 Å². The number of hydrogen-bond donors (Lipinski definition) is 1. The summed E-state index contributed by atoms with van der Waals surface area (Å²) in [4.78, 5) is 2.64. The summed E-state index contributed by atoms with van der Waals surface area (Å²) in [6.07, 6.45) is 4.09. The monoisotopic (exact) mass is 288 g/mol. The van der Waals surface area contributed by atoms with Crippen LogP contribution in [0.5, 0.6) is 0 Å². The zero-order chi connectivity index (χ0) is 15.5. The first-order valence-corrected chi connectivity index (χ1v) is 8.43. The number of likely N-dealkylation sites (N-methyl/N-ethyl adjacent to an activating group) is 1. The lowest BCUT2D eigenvalue weighted by Crippen LogP contribution is -2.42. The first kappa shape index (κ1) is 16.5. The maximum absolute atomic E-state index is 3.50. The van der Waals surface area contributed by atoms with Crippen molar-refractivity contribution in [1.82, 2.24) is 10.2 Å². The Morgan fingerprint density at radius 1 is 1.19 bits per heavy atom. The number of nitrogens with zero attached hydrogens (tertiary/aromatic N) is 1. The van der Waals surface area contributed by atoms with Crippen LogP contribution in [-0.2, 0) is 5.41 Å². The molecule has 0 aromatic heterocycles. The standard InChI is InChI=1S/C19H32N2/c1-15-8-6-7-13-21(15)14-18(20-5)16-9-11-17(12-10-16)19(2,3)4/h9-12,15,18,20H,6-8,13-14H2,1-5H3. The molecule has 2 rings (SSSR count). The molecule has 1 saturated heterocycles. The van der Waals surface area contributed by atoms with Gasteiger partial charge in [0.25, 0.3) is 0 Å². The normalized spacial score (nSPS) is 22.2. The fourth-order valence-corrected chi connectivity index (χ4v) is 3.24. The Labute approximate surface area is 130 Å². The van der Waals surface area contributed by atoms with Gasteiger partial charge in [0.1, 0.15) is 0 Å². The molecule has 118 valence electrons. The molecule has 0 spiro atoms. The van der Waals surface area contributed by atoms with Crippen molar-refractivity contribution in [2.75, 3.05) is 20.1 Å². The molecule has 1 aromatic carbocycles. The molecule has 1 N–H and O–H groups in total. The van der Waals surface area contributed by atoms with Crippen molar-refractivity contribution in [3.63, 3.8) is 0 Å². The van der Waals surface area contributed by atoms with Crippen LogP contribution in [0.1, 0.15) is 64.1 Å². The van der Waals surface area contributed by atoms with Gasteiger partial charge in [0.2, 0.25) is 0 Å². The van der Waals surface area contributed by atoms with E-state index in [0.717, 1.165) is 12.6 Å². The Morgan fingerprint density at radius 3 is 2.38 bits per heavy atom. The van der Waals surface area contributed by atoms with E-state index in [1.165, 1.54) is 36.9 Å². The molecule has 2 unspecified atom stereocenters. The van der Waals surface area contributed by atoms with Crippen LogP contribution in [0.15, 0.2) is 24.3 Å². The van der Waals surface area contributed by atoms with Gasteiger partial charge in [-0.3, -0.25) is 4.90 Å². The Bertz CT molecular complexity index is 430. The highest BCUT2D eigenvalue weighted by atomic mass is 15.2. The zero-order valence-corrected chi connectivity index (χ0v) is 14.4. The fourth-order valence-electron chi connectivity index (χ4n) is 3.24. The van der Waals surface area contributed by atoms with E-state index >= 15 is 0 Å².